The molecule has 2 amide bonds. The molecule has 0 N–H and O–H groups in total. The van der Waals surface area contributed by atoms with E-state index in [1.54, 1.807) is 0 Å². The molecule has 3 aliphatic rings. The summed E-state index contributed by atoms with van der Waals surface area (Å²) in [6, 6.07) is 12.7. The summed E-state index contributed by atoms with van der Waals surface area (Å²) in [6.45, 7) is 6.68. The monoisotopic (exact) mass is 402 g/mol. The Morgan fingerprint density at radius 3 is 2.17 bits per heavy atom. The molecule has 5 rings (SSSR count). The fourth-order valence-electron chi connectivity index (χ4n) is 5.74. The molecule has 0 spiro atoms. The van der Waals surface area contributed by atoms with E-state index >= 15 is 0 Å². The molecule has 4 atom stereocenters. The third kappa shape index (κ3) is 2.76. The first-order chi connectivity index (χ1) is 14.4. The number of nitrogens with zero attached hydrogens (tertiary/aromatic N) is 2. The number of Topliss-reactive ketones (excluding diaryl/α,β-unsaturated/α-hetero) is 1. The maximum Gasteiger partial charge on any atom is 0.239 e. The molecule has 3 heterocycles. The van der Waals surface area contributed by atoms with Crippen molar-refractivity contribution in [3.63, 3.8) is 0 Å². The number of carbonyl (C=O) groups excluding carboxylic acids is 3. The Kier molecular flexibility index (Phi) is 4.40. The van der Waals surface area contributed by atoms with Crippen LogP contribution in [0.4, 0.5) is 5.69 Å². The minimum Gasteiger partial charge on any atom is -0.292 e. The van der Waals surface area contributed by atoms with E-state index < -0.39 is 17.9 Å². The first-order valence-electron chi connectivity index (χ1n) is 10.7. The zero-order valence-corrected chi connectivity index (χ0v) is 17.6. The zero-order chi connectivity index (χ0) is 21.2. The van der Waals surface area contributed by atoms with Gasteiger partial charge in [-0.05, 0) is 63.4 Å². The van der Waals surface area contributed by atoms with Gasteiger partial charge >= 0.3 is 0 Å². The van der Waals surface area contributed by atoms with Gasteiger partial charge in [0, 0.05) is 11.6 Å². The number of imide groups is 1. The van der Waals surface area contributed by atoms with Crippen LogP contribution in [0, 0.1) is 32.6 Å². The molecule has 5 heteroatoms. The summed E-state index contributed by atoms with van der Waals surface area (Å²) >= 11 is 0. The second-order valence-electron chi connectivity index (χ2n) is 9.03. The number of hydrogen-bond donors (Lipinski definition) is 0. The van der Waals surface area contributed by atoms with Crippen molar-refractivity contribution in [2.45, 2.75) is 45.7 Å². The standard InChI is InChI=1S/C25H26N2O3/c1-14-6-8-17(9-7-14)23(28)22-21-20(19-5-4-10-26(19)22)24(29)27(25(21)30)18-12-15(2)11-16(3)13-18/h6-9,11-13,19-22H,4-5,10H2,1-3H3/t19-,20-,21-,22-/m1/s1. The van der Waals surface area contributed by atoms with Crippen molar-refractivity contribution in [3.05, 3.63) is 64.7 Å². The van der Waals surface area contributed by atoms with Gasteiger partial charge in [0.2, 0.25) is 11.8 Å². The van der Waals surface area contributed by atoms with Gasteiger partial charge in [0.25, 0.3) is 0 Å². The van der Waals surface area contributed by atoms with Gasteiger partial charge in [-0.2, -0.15) is 0 Å². The SMILES string of the molecule is Cc1ccc(C(=O)[C@H]2[C@@H]3C(=O)N(c4cc(C)cc(C)c4)C(=O)[C@@H]3[C@H]3CCCN32)cc1. The average Bonchev–Trinajstić information content (AvgIpc) is 3.33. The van der Waals surface area contributed by atoms with Crippen molar-refractivity contribution in [3.8, 4) is 0 Å². The van der Waals surface area contributed by atoms with Crippen LogP contribution in [0.25, 0.3) is 0 Å². The van der Waals surface area contributed by atoms with E-state index in [1.165, 1.54) is 4.90 Å². The number of anilines is 1. The van der Waals surface area contributed by atoms with Crippen molar-refractivity contribution >= 4 is 23.3 Å². The van der Waals surface area contributed by atoms with E-state index in [2.05, 4.69) is 4.90 Å². The molecule has 2 aromatic rings. The van der Waals surface area contributed by atoms with Gasteiger partial charge in [-0.25, -0.2) is 4.90 Å². The van der Waals surface area contributed by atoms with Gasteiger partial charge in [-0.15, -0.1) is 0 Å². The van der Waals surface area contributed by atoms with Gasteiger partial charge in [-0.3, -0.25) is 19.3 Å². The normalized spacial score (nSPS) is 28.2. The first kappa shape index (κ1) is 19.2. The fraction of sp³-hybridized carbons (Fsp3) is 0.400. The Labute approximate surface area is 176 Å². The summed E-state index contributed by atoms with van der Waals surface area (Å²) in [5, 5.41) is 0. The van der Waals surface area contributed by atoms with Crippen LogP contribution in [-0.2, 0) is 9.59 Å². The van der Waals surface area contributed by atoms with Crippen molar-refractivity contribution in [1.29, 1.82) is 0 Å². The summed E-state index contributed by atoms with van der Waals surface area (Å²) in [7, 11) is 0. The zero-order valence-electron chi connectivity index (χ0n) is 17.6. The van der Waals surface area contributed by atoms with Gasteiger partial charge in [0.05, 0.1) is 23.6 Å². The molecule has 0 unspecified atom stereocenters. The highest BCUT2D eigenvalue weighted by Gasteiger charge is 2.64. The average molecular weight is 402 g/mol. The Hall–Kier alpha value is -2.79. The Balaban J connectivity index is 1.56. The summed E-state index contributed by atoms with van der Waals surface area (Å²) in [4.78, 5) is 44.1. The molecular weight excluding hydrogens is 376 g/mol. The molecule has 5 nitrogen and oxygen atoms in total. The molecule has 0 bridgehead atoms. The predicted octanol–water partition coefficient (Wildman–Crippen LogP) is 3.45. The second-order valence-corrected chi connectivity index (χ2v) is 9.03. The van der Waals surface area contributed by atoms with Crippen LogP contribution in [0.3, 0.4) is 0 Å². The lowest BCUT2D eigenvalue weighted by molar-refractivity contribution is -0.123. The van der Waals surface area contributed by atoms with Gasteiger partial charge in [-0.1, -0.05) is 35.9 Å². The predicted molar refractivity (Wildman–Crippen MR) is 114 cm³/mol. The lowest BCUT2D eigenvalue weighted by atomic mass is 9.85. The molecule has 0 aromatic heterocycles. The quantitative estimate of drug-likeness (QED) is 0.583. The lowest BCUT2D eigenvalue weighted by Crippen LogP contribution is -2.46. The van der Waals surface area contributed by atoms with Gasteiger partial charge in [0.1, 0.15) is 0 Å². The highest BCUT2D eigenvalue weighted by molar-refractivity contribution is 6.24. The number of hydrogen-bond acceptors (Lipinski definition) is 4. The van der Waals surface area contributed by atoms with E-state index in [1.807, 2.05) is 63.2 Å². The van der Waals surface area contributed by atoms with Crippen molar-refractivity contribution < 1.29 is 14.4 Å². The molecule has 154 valence electrons. The van der Waals surface area contributed by atoms with Crippen molar-refractivity contribution in [2.24, 2.45) is 11.8 Å². The molecule has 3 aliphatic heterocycles. The second kappa shape index (κ2) is 6.88. The third-order valence-electron chi connectivity index (χ3n) is 6.92. The van der Waals surface area contributed by atoms with Crippen LogP contribution in [-0.4, -0.2) is 41.1 Å². The summed E-state index contributed by atoms with van der Waals surface area (Å²) in [5.74, 6) is -1.45. The van der Waals surface area contributed by atoms with Crippen LogP contribution in [0.2, 0.25) is 0 Å². The summed E-state index contributed by atoms with van der Waals surface area (Å²) in [5.41, 5.74) is 4.35. The minimum absolute atomic E-state index is 0.0262. The number of benzene rings is 2. The molecule has 30 heavy (non-hydrogen) atoms. The maximum absolute atomic E-state index is 13.6. The smallest absolute Gasteiger partial charge is 0.239 e. The first-order valence-corrected chi connectivity index (χ1v) is 10.7. The molecular formula is C25H26N2O3. The van der Waals surface area contributed by atoms with Crippen molar-refractivity contribution in [2.75, 3.05) is 11.4 Å². The van der Waals surface area contributed by atoms with Gasteiger partial charge < -0.3 is 0 Å². The number of fused-ring (bicyclic) bond motifs is 3. The van der Waals surface area contributed by atoms with Crippen molar-refractivity contribution in [1.82, 2.24) is 4.90 Å². The third-order valence-corrected chi connectivity index (χ3v) is 6.92. The van der Waals surface area contributed by atoms with Crippen LogP contribution in [0.5, 0.6) is 0 Å². The number of carbonyl (C=O) groups is 3. The Morgan fingerprint density at radius 2 is 1.50 bits per heavy atom. The molecule has 0 saturated carbocycles. The lowest BCUT2D eigenvalue weighted by Gasteiger charge is -2.27. The number of aryl methyl sites for hydroxylation is 3. The highest BCUT2D eigenvalue weighted by Crippen LogP contribution is 2.48. The molecule has 2 aromatic carbocycles. The van der Waals surface area contributed by atoms with Crippen LogP contribution >= 0.6 is 0 Å². The van der Waals surface area contributed by atoms with Crippen LogP contribution < -0.4 is 4.90 Å². The minimum atomic E-state index is -0.600. The topological polar surface area (TPSA) is 57.7 Å². The number of amides is 2. The summed E-state index contributed by atoms with van der Waals surface area (Å²) < 4.78 is 0. The van der Waals surface area contributed by atoms with E-state index in [0.717, 1.165) is 36.1 Å². The van der Waals surface area contributed by atoms with E-state index in [0.29, 0.717) is 11.3 Å². The fourth-order valence-corrected chi connectivity index (χ4v) is 5.74. The van der Waals surface area contributed by atoms with Crippen LogP contribution in [0.1, 0.15) is 39.9 Å². The maximum atomic E-state index is 13.6. The highest BCUT2D eigenvalue weighted by atomic mass is 16.2. The number of rotatable bonds is 3. The van der Waals surface area contributed by atoms with Crippen LogP contribution in [0.15, 0.2) is 42.5 Å². The molecule has 0 aliphatic carbocycles. The number of ketones is 1. The Bertz CT molecular complexity index is 1040. The molecule has 3 fully saturated rings. The molecule has 3 saturated heterocycles. The Morgan fingerprint density at radius 1 is 0.867 bits per heavy atom. The summed E-state index contributed by atoms with van der Waals surface area (Å²) in [6.07, 6.45) is 1.81. The largest absolute Gasteiger partial charge is 0.292 e. The van der Waals surface area contributed by atoms with Gasteiger partial charge in [0.15, 0.2) is 5.78 Å². The van der Waals surface area contributed by atoms with E-state index in [9.17, 15) is 14.4 Å². The van der Waals surface area contributed by atoms with E-state index in [-0.39, 0.29) is 23.6 Å². The van der Waals surface area contributed by atoms with E-state index in [4.69, 9.17) is 0 Å². The molecule has 0 radical (unpaired) electrons.